The molecule has 0 saturated carbocycles. The molecule has 0 spiro atoms. The smallest absolute Gasteiger partial charge is 0.330 e. The van der Waals surface area contributed by atoms with Gasteiger partial charge < -0.3 is 10.2 Å². The summed E-state index contributed by atoms with van der Waals surface area (Å²) in [4.78, 5) is 0.133. The number of aliphatic hydroxyl groups is 1. The van der Waals surface area contributed by atoms with Gasteiger partial charge in [0.25, 0.3) is 10.0 Å². The van der Waals surface area contributed by atoms with Crippen molar-refractivity contribution in [1.29, 1.82) is 0 Å². The zero-order chi connectivity index (χ0) is 22.9. The van der Waals surface area contributed by atoms with Crippen molar-refractivity contribution in [3.05, 3.63) is 96.0 Å². The van der Waals surface area contributed by atoms with Crippen LogP contribution in [0.15, 0.2) is 89.8 Å². The van der Waals surface area contributed by atoms with E-state index in [0.717, 1.165) is 10.5 Å². The Hall–Kier alpha value is -3.70. The van der Waals surface area contributed by atoms with Gasteiger partial charge in [0, 0.05) is 0 Å². The van der Waals surface area contributed by atoms with Crippen LogP contribution in [0.3, 0.4) is 0 Å². The predicted molar refractivity (Wildman–Crippen MR) is 120 cm³/mol. The van der Waals surface area contributed by atoms with Gasteiger partial charge in [-0.25, -0.2) is 17.4 Å². The lowest BCUT2D eigenvalue weighted by atomic mass is 10.0. The molecular weight excluding hydrogens is 454 g/mol. The lowest BCUT2D eigenvalue weighted by molar-refractivity contribution is 0.392. The number of anilines is 2. The number of phenolic OH excluding ortho intramolecular Hbond substituents is 1. The first-order chi connectivity index (χ1) is 15.2. The Morgan fingerprint density at radius 3 is 2.28 bits per heavy atom. The van der Waals surface area contributed by atoms with Crippen LogP contribution in [0.1, 0.15) is 11.1 Å². The van der Waals surface area contributed by atoms with Crippen molar-refractivity contribution in [2.75, 3.05) is 9.03 Å². The number of phenols is 1. The summed E-state index contributed by atoms with van der Waals surface area (Å²) >= 11 is 0. The van der Waals surface area contributed by atoms with Crippen molar-refractivity contribution in [1.82, 2.24) is 4.72 Å². The molecular formula is C21H19N3O6S2. The van der Waals surface area contributed by atoms with Crippen LogP contribution in [0.4, 0.5) is 11.4 Å². The van der Waals surface area contributed by atoms with Gasteiger partial charge in [0.05, 0.1) is 16.8 Å². The average molecular weight is 474 g/mol. The highest BCUT2D eigenvalue weighted by Crippen LogP contribution is 2.33. The molecule has 0 bridgehead atoms. The highest BCUT2D eigenvalue weighted by atomic mass is 32.2. The van der Waals surface area contributed by atoms with Crippen LogP contribution in [0.25, 0.3) is 0 Å². The van der Waals surface area contributed by atoms with Gasteiger partial charge in [-0.15, -0.1) is 0 Å². The van der Waals surface area contributed by atoms with E-state index < -0.39 is 26.1 Å². The second-order valence-electron chi connectivity index (χ2n) is 6.99. The maximum absolute atomic E-state index is 12.7. The minimum absolute atomic E-state index is 0.0386. The van der Waals surface area contributed by atoms with Crippen molar-refractivity contribution in [2.24, 2.45) is 0 Å². The summed E-state index contributed by atoms with van der Waals surface area (Å²) in [6, 6.07) is 19.2. The fourth-order valence-electron chi connectivity index (χ4n) is 3.25. The summed E-state index contributed by atoms with van der Waals surface area (Å²) in [6.07, 6.45) is 1.21. The van der Waals surface area contributed by atoms with Gasteiger partial charge in [-0.2, -0.15) is 8.42 Å². The zero-order valence-electron chi connectivity index (χ0n) is 16.5. The third-order valence-electron chi connectivity index (χ3n) is 4.72. The summed E-state index contributed by atoms with van der Waals surface area (Å²) in [5.74, 6) is -0.880. The summed E-state index contributed by atoms with van der Waals surface area (Å²) in [5, 5.41) is 19.8. The minimum atomic E-state index is -4.03. The number of aliphatic hydroxyl groups excluding tert-OH is 1. The highest BCUT2D eigenvalue weighted by molar-refractivity contribution is 7.92. The van der Waals surface area contributed by atoms with E-state index in [1.807, 2.05) is 4.72 Å². The van der Waals surface area contributed by atoms with Gasteiger partial charge in [-0.05, 0) is 47.9 Å². The number of sulfonamides is 1. The molecule has 9 nitrogen and oxygen atoms in total. The second-order valence-corrected chi connectivity index (χ2v) is 10.2. The number of nitrogens with zero attached hydrogens (tertiary/aromatic N) is 1. The van der Waals surface area contributed by atoms with E-state index in [2.05, 4.69) is 4.72 Å². The fourth-order valence-corrected chi connectivity index (χ4v) is 5.44. The lowest BCUT2D eigenvalue weighted by Crippen LogP contribution is -2.29. The van der Waals surface area contributed by atoms with Crippen molar-refractivity contribution in [3.8, 4) is 5.75 Å². The topological polar surface area (TPSA) is 136 Å². The maximum Gasteiger partial charge on any atom is 0.330 e. The van der Waals surface area contributed by atoms with Crippen molar-refractivity contribution in [3.63, 3.8) is 0 Å². The van der Waals surface area contributed by atoms with Gasteiger partial charge in [0.15, 0.2) is 0 Å². The zero-order valence-corrected chi connectivity index (χ0v) is 18.1. The Morgan fingerprint density at radius 2 is 1.62 bits per heavy atom. The van der Waals surface area contributed by atoms with E-state index in [1.54, 1.807) is 48.5 Å². The third-order valence-corrected chi connectivity index (χ3v) is 7.39. The third kappa shape index (κ3) is 4.34. The fraction of sp³-hybridized carbons (Fsp3) is 0.0476. The minimum Gasteiger partial charge on any atom is -0.506 e. The molecule has 4 rings (SSSR count). The largest absolute Gasteiger partial charge is 0.506 e. The van der Waals surface area contributed by atoms with Gasteiger partial charge in [-0.1, -0.05) is 42.5 Å². The molecule has 3 aromatic carbocycles. The summed E-state index contributed by atoms with van der Waals surface area (Å²) in [5.41, 5.74) is 1.63. The van der Waals surface area contributed by atoms with Crippen LogP contribution in [0.2, 0.25) is 0 Å². The number of para-hydroxylation sites is 1. The van der Waals surface area contributed by atoms with E-state index in [-0.39, 0.29) is 22.8 Å². The number of rotatable bonds is 6. The molecule has 3 aromatic rings. The van der Waals surface area contributed by atoms with E-state index in [9.17, 15) is 27.0 Å². The molecule has 166 valence electrons. The van der Waals surface area contributed by atoms with Crippen LogP contribution in [-0.4, -0.2) is 27.0 Å². The quantitative estimate of drug-likeness (QED) is 0.435. The summed E-state index contributed by atoms with van der Waals surface area (Å²) < 4.78 is 54.7. The number of benzene rings is 3. The second kappa shape index (κ2) is 8.09. The van der Waals surface area contributed by atoms with Gasteiger partial charge in [0.1, 0.15) is 11.4 Å². The Labute approximate surface area is 185 Å². The molecule has 0 atom stereocenters. The molecule has 0 aromatic heterocycles. The van der Waals surface area contributed by atoms with Crippen LogP contribution >= 0.6 is 0 Å². The van der Waals surface area contributed by atoms with Crippen LogP contribution in [0.5, 0.6) is 5.75 Å². The van der Waals surface area contributed by atoms with Crippen molar-refractivity contribution >= 4 is 31.6 Å². The molecule has 32 heavy (non-hydrogen) atoms. The monoisotopic (exact) mass is 473 g/mol. The number of hydrogen-bond donors (Lipinski definition) is 4. The molecule has 1 aliphatic heterocycles. The normalized spacial score (nSPS) is 15.1. The van der Waals surface area contributed by atoms with Crippen molar-refractivity contribution in [2.45, 2.75) is 11.3 Å². The number of nitrogens with one attached hydrogen (secondary N) is 2. The van der Waals surface area contributed by atoms with E-state index >= 15 is 0 Å². The summed E-state index contributed by atoms with van der Waals surface area (Å²) in [6.45, 7) is 0. The first kappa shape index (κ1) is 21.5. The number of aromatic hydroxyl groups is 1. The molecule has 1 aliphatic rings. The molecule has 11 heteroatoms. The van der Waals surface area contributed by atoms with Gasteiger partial charge in [0.2, 0.25) is 5.88 Å². The summed E-state index contributed by atoms with van der Waals surface area (Å²) in [7, 11) is -7.82. The Bertz CT molecular complexity index is 1400. The lowest BCUT2D eigenvalue weighted by Gasteiger charge is -2.17. The number of hydrogen-bond acceptors (Lipinski definition) is 6. The maximum atomic E-state index is 12.7. The average Bonchev–Trinajstić information content (AvgIpc) is 3.02. The molecule has 0 amide bonds. The standard InChI is InChI=1S/C21H19N3O6S2/c25-20-13-15(10-11-19(20)24-14-21(26)23-32(24,29)30)12-16-6-4-5-9-18(16)22-31(27,28)17-7-2-1-3-8-17/h1-11,13-14,22-23,25-26H,12H2. The van der Waals surface area contributed by atoms with Gasteiger partial charge in [-0.3, -0.25) is 4.72 Å². The molecule has 1 heterocycles. The first-order valence-corrected chi connectivity index (χ1v) is 12.3. The van der Waals surface area contributed by atoms with Crippen molar-refractivity contribution < 1.29 is 27.0 Å². The predicted octanol–water partition coefficient (Wildman–Crippen LogP) is 2.80. The van der Waals surface area contributed by atoms with E-state index in [4.69, 9.17) is 0 Å². The van der Waals surface area contributed by atoms with Crippen LogP contribution < -0.4 is 13.7 Å². The highest BCUT2D eigenvalue weighted by Gasteiger charge is 2.30. The molecule has 0 unspecified atom stereocenters. The Kier molecular flexibility index (Phi) is 5.45. The molecule has 0 aliphatic carbocycles. The SMILES string of the molecule is O=S(=O)(Nc1ccccc1Cc1ccc(N2C=C(O)NS2(=O)=O)c(O)c1)c1ccccc1. The van der Waals surface area contributed by atoms with Crippen LogP contribution in [-0.2, 0) is 26.7 Å². The van der Waals surface area contributed by atoms with Crippen LogP contribution in [0, 0.1) is 0 Å². The Balaban J connectivity index is 1.60. The Morgan fingerprint density at radius 1 is 0.938 bits per heavy atom. The first-order valence-electron chi connectivity index (χ1n) is 9.36. The molecule has 4 N–H and O–H groups in total. The van der Waals surface area contributed by atoms with E-state index in [0.29, 0.717) is 16.8 Å². The molecule has 0 fully saturated rings. The van der Waals surface area contributed by atoms with E-state index in [1.165, 1.54) is 24.3 Å². The molecule has 0 radical (unpaired) electrons. The van der Waals surface area contributed by atoms with Gasteiger partial charge >= 0.3 is 10.2 Å². The molecule has 0 saturated heterocycles.